The molecule has 6 nitrogen and oxygen atoms in total. The highest BCUT2D eigenvalue weighted by atomic mass is 16.5. The Balaban J connectivity index is 1.80. The molecule has 4 rings (SSSR count). The highest BCUT2D eigenvalue weighted by Gasteiger charge is 2.42. The Labute approximate surface area is 188 Å². The van der Waals surface area contributed by atoms with Crippen LogP contribution in [0.2, 0.25) is 0 Å². The Morgan fingerprint density at radius 1 is 0.906 bits per heavy atom. The van der Waals surface area contributed by atoms with Crippen LogP contribution in [-0.4, -0.2) is 39.6 Å². The molecule has 32 heavy (non-hydrogen) atoms. The maximum atomic E-state index is 13.8. The molecule has 1 heterocycles. The van der Waals surface area contributed by atoms with Crippen LogP contribution in [0.15, 0.2) is 72.8 Å². The Morgan fingerprint density at radius 2 is 1.56 bits per heavy atom. The fraction of sp³-hybridized carbons (Fsp3) is 0.231. The highest BCUT2D eigenvalue weighted by Crippen LogP contribution is 2.36. The van der Waals surface area contributed by atoms with E-state index in [1.807, 2.05) is 86.6 Å². The van der Waals surface area contributed by atoms with E-state index in [9.17, 15) is 9.59 Å². The van der Waals surface area contributed by atoms with Crippen molar-refractivity contribution in [3.8, 4) is 5.75 Å². The van der Waals surface area contributed by atoms with Crippen molar-refractivity contribution in [3.05, 3.63) is 83.9 Å². The summed E-state index contributed by atoms with van der Waals surface area (Å²) in [7, 11) is 5.53. The number of nitrogens with zero attached hydrogens (tertiary/aromatic N) is 3. The lowest BCUT2D eigenvalue weighted by atomic mass is 9.98. The van der Waals surface area contributed by atoms with Gasteiger partial charge < -0.3 is 14.5 Å². The minimum Gasteiger partial charge on any atom is -0.497 e. The number of para-hydroxylation sites is 1. The summed E-state index contributed by atoms with van der Waals surface area (Å²) in [6, 6.07) is 21.9. The van der Waals surface area contributed by atoms with Crippen LogP contribution in [0.5, 0.6) is 5.75 Å². The minimum absolute atomic E-state index is 0.0119. The zero-order chi connectivity index (χ0) is 22.8. The Morgan fingerprint density at radius 3 is 2.16 bits per heavy atom. The number of methoxy groups -OCH3 is 1. The van der Waals surface area contributed by atoms with Gasteiger partial charge in [-0.1, -0.05) is 30.3 Å². The second-order valence-electron chi connectivity index (χ2n) is 8.06. The standard InChI is InChI=1S/C26H27N3O3/c1-18-7-5-6-8-23(18)28-17-24(30)29(21-13-15-22(32-4)16-14-21)25(26(28)31)19-9-11-20(12-10-19)27(2)3/h5-16,25H,17H2,1-4H3. The van der Waals surface area contributed by atoms with Crippen molar-refractivity contribution in [1.29, 1.82) is 0 Å². The van der Waals surface area contributed by atoms with Gasteiger partial charge in [0.15, 0.2) is 0 Å². The van der Waals surface area contributed by atoms with Gasteiger partial charge in [0.25, 0.3) is 5.91 Å². The van der Waals surface area contributed by atoms with Crippen LogP contribution in [0, 0.1) is 6.92 Å². The third-order valence-electron chi connectivity index (χ3n) is 5.80. The van der Waals surface area contributed by atoms with Gasteiger partial charge in [0.05, 0.1) is 7.11 Å². The number of hydrogen-bond acceptors (Lipinski definition) is 4. The molecule has 0 aliphatic carbocycles. The summed E-state index contributed by atoms with van der Waals surface area (Å²) in [5, 5.41) is 0. The van der Waals surface area contributed by atoms with Crippen LogP contribution in [0.3, 0.4) is 0 Å². The van der Waals surface area contributed by atoms with Gasteiger partial charge in [-0.15, -0.1) is 0 Å². The molecule has 3 aromatic carbocycles. The molecule has 6 heteroatoms. The lowest BCUT2D eigenvalue weighted by Crippen LogP contribution is -2.56. The van der Waals surface area contributed by atoms with Gasteiger partial charge in [-0.2, -0.15) is 0 Å². The van der Waals surface area contributed by atoms with Crippen LogP contribution in [-0.2, 0) is 9.59 Å². The molecule has 1 fully saturated rings. The van der Waals surface area contributed by atoms with Gasteiger partial charge in [-0.05, 0) is 60.5 Å². The summed E-state index contributed by atoms with van der Waals surface area (Å²) in [5.74, 6) is 0.421. The summed E-state index contributed by atoms with van der Waals surface area (Å²) in [4.78, 5) is 32.5. The highest BCUT2D eigenvalue weighted by molar-refractivity contribution is 6.14. The van der Waals surface area contributed by atoms with Crippen molar-refractivity contribution in [2.75, 3.05) is 42.4 Å². The predicted octanol–water partition coefficient (Wildman–Crippen LogP) is 4.19. The number of amides is 2. The molecule has 0 radical (unpaired) electrons. The molecule has 2 amide bonds. The van der Waals surface area contributed by atoms with E-state index in [1.165, 1.54) is 0 Å². The molecule has 164 valence electrons. The lowest BCUT2D eigenvalue weighted by molar-refractivity contribution is -0.128. The molecule has 0 bridgehead atoms. The number of carbonyl (C=O) groups excluding carboxylic acids is 2. The second-order valence-corrected chi connectivity index (χ2v) is 8.06. The van der Waals surface area contributed by atoms with Crippen molar-refractivity contribution in [3.63, 3.8) is 0 Å². The summed E-state index contributed by atoms with van der Waals surface area (Å²) < 4.78 is 5.26. The Hall–Kier alpha value is -3.80. The molecule has 1 aliphatic rings. The van der Waals surface area contributed by atoms with Crippen LogP contribution >= 0.6 is 0 Å². The van der Waals surface area contributed by atoms with Crippen molar-refractivity contribution < 1.29 is 14.3 Å². The number of hydrogen-bond donors (Lipinski definition) is 0. The van der Waals surface area contributed by atoms with Gasteiger partial charge in [-0.3, -0.25) is 14.5 Å². The molecule has 1 atom stereocenters. The molecule has 0 N–H and O–H groups in total. The topological polar surface area (TPSA) is 53.1 Å². The second kappa shape index (κ2) is 8.75. The predicted molar refractivity (Wildman–Crippen MR) is 128 cm³/mol. The van der Waals surface area contributed by atoms with E-state index in [2.05, 4.69) is 0 Å². The molecular formula is C26H27N3O3. The Kier molecular flexibility index (Phi) is 5.86. The van der Waals surface area contributed by atoms with E-state index in [0.29, 0.717) is 11.4 Å². The molecule has 1 saturated heterocycles. The molecular weight excluding hydrogens is 402 g/mol. The minimum atomic E-state index is -0.763. The normalized spacial score (nSPS) is 16.3. The van der Waals surface area contributed by atoms with Gasteiger partial charge in [0.1, 0.15) is 18.3 Å². The maximum absolute atomic E-state index is 13.8. The van der Waals surface area contributed by atoms with Crippen LogP contribution in [0.4, 0.5) is 17.1 Å². The van der Waals surface area contributed by atoms with Gasteiger partial charge in [0, 0.05) is 31.2 Å². The number of anilines is 3. The smallest absolute Gasteiger partial charge is 0.255 e. The summed E-state index contributed by atoms with van der Waals surface area (Å²) in [6.07, 6.45) is 0. The number of rotatable bonds is 5. The largest absolute Gasteiger partial charge is 0.497 e. The third-order valence-corrected chi connectivity index (χ3v) is 5.80. The average molecular weight is 430 g/mol. The van der Waals surface area contributed by atoms with Crippen molar-refractivity contribution in [1.82, 2.24) is 0 Å². The SMILES string of the molecule is COc1ccc(N2C(=O)CN(c3ccccc3C)C(=O)C2c2ccc(N(C)C)cc2)cc1. The average Bonchev–Trinajstić information content (AvgIpc) is 2.81. The maximum Gasteiger partial charge on any atom is 0.255 e. The quantitative estimate of drug-likeness (QED) is 0.610. The first-order chi connectivity index (χ1) is 15.4. The Bertz CT molecular complexity index is 1120. The van der Waals surface area contributed by atoms with Crippen molar-refractivity contribution in [2.45, 2.75) is 13.0 Å². The lowest BCUT2D eigenvalue weighted by Gasteiger charge is -2.41. The molecule has 0 aromatic heterocycles. The van der Waals surface area contributed by atoms with Gasteiger partial charge >= 0.3 is 0 Å². The van der Waals surface area contributed by atoms with E-state index in [-0.39, 0.29) is 18.4 Å². The number of aryl methyl sites for hydroxylation is 1. The van der Waals surface area contributed by atoms with E-state index < -0.39 is 6.04 Å². The van der Waals surface area contributed by atoms with Crippen molar-refractivity contribution >= 4 is 28.9 Å². The number of ether oxygens (including phenoxy) is 1. The molecule has 1 aliphatic heterocycles. The van der Waals surface area contributed by atoms with Gasteiger partial charge in [0.2, 0.25) is 5.91 Å². The van der Waals surface area contributed by atoms with E-state index in [1.54, 1.807) is 29.0 Å². The third kappa shape index (κ3) is 3.91. The molecule has 3 aromatic rings. The molecule has 1 unspecified atom stereocenters. The molecule has 0 saturated carbocycles. The fourth-order valence-corrected chi connectivity index (χ4v) is 4.04. The zero-order valence-electron chi connectivity index (χ0n) is 18.8. The van der Waals surface area contributed by atoms with Crippen LogP contribution < -0.4 is 19.4 Å². The first kappa shape index (κ1) is 21.4. The van der Waals surface area contributed by atoms with E-state index in [4.69, 9.17) is 4.74 Å². The van der Waals surface area contributed by atoms with Crippen molar-refractivity contribution in [2.24, 2.45) is 0 Å². The molecule has 0 spiro atoms. The van der Waals surface area contributed by atoms with Gasteiger partial charge in [-0.25, -0.2) is 0 Å². The fourth-order valence-electron chi connectivity index (χ4n) is 4.04. The monoisotopic (exact) mass is 429 g/mol. The summed E-state index contributed by atoms with van der Waals surface area (Å²) in [5.41, 5.74) is 4.16. The van der Waals surface area contributed by atoms with Crippen LogP contribution in [0.25, 0.3) is 0 Å². The number of benzene rings is 3. The summed E-state index contributed by atoms with van der Waals surface area (Å²) >= 11 is 0. The summed E-state index contributed by atoms with van der Waals surface area (Å²) in [6.45, 7) is 1.94. The van der Waals surface area contributed by atoms with Crippen LogP contribution in [0.1, 0.15) is 17.2 Å². The van der Waals surface area contributed by atoms with E-state index >= 15 is 0 Å². The number of carbonyl (C=O) groups is 2. The first-order valence-corrected chi connectivity index (χ1v) is 10.5. The zero-order valence-corrected chi connectivity index (χ0v) is 18.8. The van der Waals surface area contributed by atoms with E-state index in [0.717, 1.165) is 22.5 Å². The number of piperazine rings is 1. The first-order valence-electron chi connectivity index (χ1n) is 10.5.